The van der Waals surface area contributed by atoms with Crippen molar-refractivity contribution in [2.75, 3.05) is 6.61 Å². The molecule has 0 unspecified atom stereocenters. The molecule has 3 amide bonds. The summed E-state index contributed by atoms with van der Waals surface area (Å²) >= 11 is 0. The number of likely N-dealkylation sites (tertiary alicyclic amines) is 1. The van der Waals surface area contributed by atoms with E-state index in [9.17, 15) is 23.6 Å². The van der Waals surface area contributed by atoms with Gasteiger partial charge in [-0.15, -0.1) is 0 Å². The third-order valence-electron chi connectivity index (χ3n) is 8.02. The number of halogens is 1. The lowest BCUT2D eigenvalue weighted by molar-refractivity contribution is -0.163. The van der Waals surface area contributed by atoms with E-state index < -0.39 is 47.1 Å². The first-order chi connectivity index (χ1) is 17.7. The minimum atomic E-state index is -1.11. The van der Waals surface area contributed by atoms with E-state index in [1.165, 1.54) is 19.1 Å². The highest BCUT2D eigenvalue weighted by Crippen LogP contribution is 2.48. The maximum Gasteiger partial charge on any atom is 0.314 e. The van der Waals surface area contributed by atoms with E-state index in [2.05, 4.69) is 0 Å². The average molecular weight is 509 g/mol. The molecule has 1 saturated heterocycles. The number of benzene rings is 2. The molecule has 2 aliphatic heterocycles. The van der Waals surface area contributed by atoms with Gasteiger partial charge in [0.2, 0.25) is 5.91 Å². The Morgan fingerprint density at radius 3 is 2.16 bits per heavy atom. The number of hydrogen-bond donors (Lipinski definition) is 0. The van der Waals surface area contributed by atoms with Gasteiger partial charge in [0.25, 0.3) is 11.8 Å². The zero-order valence-corrected chi connectivity index (χ0v) is 21.7. The standard InChI is InChI=1S/C29H33FN2O5/c1-5-29(6-2,28(36)37-7-3)24-16-15-23(19-11-10-12-20(30)17-19)32(24)25(33)18(4)31-26(34)21-13-8-9-14-22(21)27(31)35/h8-14,17-18,23-24H,5-7,15-16H2,1-4H3/t18-,23+,24-/m1/s1. The van der Waals surface area contributed by atoms with Crippen LogP contribution in [0.2, 0.25) is 0 Å². The molecule has 3 atom stereocenters. The topological polar surface area (TPSA) is 84.0 Å². The first kappa shape index (κ1) is 26.5. The smallest absolute Gasteiger partial charge is 0.314 e. The van der Waals surface area contributed by atoms with E-state index >= 15 is 0 Å². The third-order valence-corrected chi connectivity index (χ3v) is 8.02. The second-order valence-electron chi connectivity index (χ2n) is 9.70. The molecule has 37 heavy (non-hydrogen) atoms. The van der Waals surface area contributed by atoms with Gasteiger partial charge < -0.3 is 9.64 Å². The van der Waals surface area contributed by atoms with Crippen molar-refractivity contribution in [3.05, 3.63) is 71.0 Å². The average Bonchev–Trinajstić information content (AvgIpc) is 3.44. The third kappa shape index (κ3) is 4.32. The van der Waals surface area contributed by atoms with E-state index in [-0.39, 0.29) is 23.7 Å². The predicted octanol–water partition coefficient (Wildman–Crippen LogP) is 4.91. The van der Waals surface area contributed by atoms with Crippen LogP contribution >= 0.6 is 0 Å². The number of imide groups is 1. The fraction of sp³-hybridized carbons (Fsp3) is 0.448. The van der Waals surface area contributed by atoms with Crippen LogP contribution in [-0.4, -0.2) is 52.2 Å². The molecule has 0 aliphatic carbocycles. The van der Waals surface area contributed by atoms with Crippen LogP contribution in [0.15, 0.2) is 48.5 Å². The van der Waals surface area contributed by atoms with Gasteiger partial charge in [-0.05, 0) is 69.4 Å². The van der Waals surface area contributed by atoms with Gasteiger partial charge in [-0.3, -0.25) is 24.1 Å². The summed E-state index contributed by atoms with van der Waals surface area (Å²) in [4.78, 5) is 56.5. The summed E-state index contributed by atoms with van der Waals surface area (Å²) < 4.78 is 19.7. The van der Waals surface area contributed by atoms with Crippen LogP contribution in [0.3, 0.4) is 0 Å². The number of nitrogens with zero attached hydrogens (tertiary/aromatic N) is 2. The minimum absolute atomic E-state index is 0.208. The van der Waals surface area contributed by atoms with Crippen LogP contribution in [0.5, 0.6) is 0 Å². The molecule has 2 aromatic carbocycles. The van der Waals surface area contributed by atoms with Crippen molar-refractivity contribution in [1.82, 2.24) is 9.80 Å². The van der Waals surface area contributed by atoms with Gasteiger partial charge in [0.05, 0.1) is 29.2 Å². The van der Waals surface area contributed by atoms with E-state index in [0.29, 0.717) is 31.2 Å². The van der Waals surface area contributed by atoms with Gasteiger partial charge in [-0.1, -0.05) is 38.1 Å². The fourth-order valence-electron chi connectivity index (χ4n) is 6.01. The van der Waals surface area contributed by atoms with Crippen molar-refractivity contribution in [2.24, 2.45) is 5.41 Å². The summed E-state index contributed by atoms with van der Waals surface area (Å²) in [5, 5.41) is 0. The van der Waals surface area contributed by atoms with E-state index in [1.54, 1.807) is 48.2 Å². The Labute approximate surface area is 216 Å². The molecule has 0 aromatic heterocycles. The summed E-state index contributed by atoms with van der Waals surface area (Å²) in [5.74, 6) is -2.31. The van der Waals surface area contributed by atoms with Crippen molar-refractivity contribution in [1.29, 1.82) is 0 Å². The highest BCUT2D eigenvalue weighted by Gasteiger charge is 2.54. The molecule has 0 spiro atoms. The zero-order chi connectivity index (χ0) is 26.9. The highest BCUT2D eigenvalue weighted by molar-refractivity contribution is 6.22. The molecule has 1 fully saturated rings. The Hall–Kier alpha value is -3.55. The number of carbonyl (C=O) groups excluding carboxylic acids is 4. The lowest BCUT2D eigenvalue weighted by atomic mass is 9.74. The number of esters is 1. The van der Waals surface area contributed by atoms with Gasteiger partial charge in [0.1, 0.15) is 11.9 Å². The second kappa shape index (κ2) is 10.4. The molecule has 8 heteroatoms. The summed E-state index contributed by atoms with van der Waals surface area (Å²) in [6, 6.07) is 10.4. The number of hydrogen-bond acceptors (Lipinski definition) is 5. The van der Waals surface area contributed by atoms with E-state index in [1.807, 2.05) is 13.8 Å². The van der Waals surface area contributed by atoms with Crippen LogP contribution in [0.25, 0.3) is 0 Å². The summed E-state index contributed by atoms with van der Waals surface area (Å²) in [5.41, 5.74) is 0.148. The summed E-state index contributed by atoms with van der Waals surface area (Å²) in [7, 11) is 0. The SMILES string of the molecule is CCOC(=O)C(CC)(CC)[C@H]1CC[C@@H](c2cccc(F)c2)N1C(=O)[C@@H](C)N1C(=O)c2ccccc2C1=O. The summed E-state index contributed by atoms with van der Waals surface area (Å²) in [6.07, 6.45) is 1.89. The maximum atomic E-state index is 14.2. The molecule has 7 nitrogen and oxygen atoms in total. The van der Waals surface area contributed by atoms with Gasteiger partial charge in [-0.25, -0.2) is 4.39 Å². The molecule has 2 aromatic rings. The van der Waals surface area contributed by atoms with Crippen molar-refractivity contribution in [2.45, 2.75) is 71.5 Å². The molecule has 196 valence electrons. The molecular formula is C29H33FN2O5. The molecule has 2 aliphatic rings. The maximum absolute atomic E-state index is 14.2. The molecule has 0 N–H and O–H groups in total. The number of amides is 3. The minimum Gasteiger partial charge on any atom is -0.466 e. The first-order valence-corrected chi connectivity index (χ1v) is 12.9. The van der Waals surface area contributed by atoms with Crippen LogP contribution in [0.1, 0.15) is 85.7 Å². The second-order valence-corrected chi connectivity index (χ2v) is 9.70. The molecule has 4 rings (SSSR count). The highest BCUT2D eigenvalue weighted by atomic mass is 19.1. The number of carbonyl (C=O) groups is 4. The van der Waals surface area contributed by atoms with Crippen molar-refractivity contribution in [3.63, 3.8) is 0 Å². The molecule has 0 radical (unpaired) electrons. The molecule has 0 bridgehead atoms. The predicted molar refractivity (Wildman–Crippen MR) is 135 cm³/mol. The summed E-state index contributed by atoms with van der Waals surface area (Å²) in [6.45, 7) is 7.27. The zero-order valence-electron chi connectivity index (χ0n) is 21.7. The Morgan fingerprint density at radius 2 is 1.62 bits per heavy atom. The number of ether oxygens (including phenoxy) is 1. The monoisotopic (exact) mass is 508 g/mol. The van der Waals surface area contributed by atoms with Crippen LogP contribution < -0.4 is 0 Å². The largest absolute Gasteiger partial charge is 0.466 e. The van der Waals surface area contributed by atoms with E-state index in [4.69, 9.17) is 4.74 Å². The Bertz CT molecular complexity index is 1190. The van der Waals surface area contributed by atoms with Crippen molar-refractivity contribution < 1.29 is 28.3 Å². The van der Waals surface area contributed by atoms with Crippen molar-refractivity contribution >= 4 is 23.7 Å². The Balaban J connectivity index is 1.77. The van der Waals surface area contributed by atoms with Crippen LogP contribution in [0, 0.1) is 11.2 Å². The van der Waals surface area contributed by atoms with Gasteiger partial charge in [0.15, 0.2) is 0 Å². The normalized spacial score (nSPS) is 20.2. The van der Waals surface area contributed by atoms with E-state index in [0.717, 1.165) is 4.90 Å². The quantitative estimate of drug-likeness (QED) is 0.374. The molecule has 0 saturated carbocycles. The lowest BCUT2D eigenvalue weighted by Crippen LogP contribution is -2.56. The lowest BCUT2D eigenvalue weighted by Gasteiger charge is -2.43. The number of rotatable bonds is 8. The number of fused-ring (bicyclic) bond motifs is 1. The molecular weight excluding hydrogens is 475 g/mol. The van der Waals surface area contributed by atoms with Gasteiger partial charge in [-0.2, -0.15) is 0 Å². The fourth-order valence-corrected chi connectivity index (χ4v) is 6.01. The Kier molecular flexibility index (Phi) is 7.48. The van der Waals surface area contributed by atoms with Gasteiger partial charge >= 0.3 is 5.97 Å². The first-order valence-electron chi connectivity index (χ1n) is 12.9. The van der Waals surface area contributed by atoms with Gasteiger partial charge in [0, 0.05) is 6.04 Å². The Morgan fingerprint density at radius 1 is 1.00 bits per heavy atom. The van der Waals surface area contributed by atoms with Crippen LogP contribution in [-0.2, 0) is 14.3 Å². The molecule has 2 heterocycles. The van der Waals surface area contributed by atoms with Crippen LogP contribution in [0.4, 0.5) is 4.39 Å². The van der Waals surface area contributed by atoms with Crippen molar-refractivity contribution in [3.8, 4) is 0 Å².